The molecule has 0 heterocycles. The van der Waals surface area contributed by atoms with Crippen LogP contribution in [0.2, 0.25) is 0 Å². The first-order valence-electron chi connectivity index (χ1n) is 27.4. The highest BCUT2D eigenvalue weighted by atomic mass is 16.5. The minimum Gasteiger partial charge on any atom is -0.466 e. The average Bonchev–Trinajstić information content (AvgIpc) is 3.26. The Hall–Kier alpha value is -1.40. The standard InChI is InChI=1S/C55H107NO5/c1-3-5-7-9-11-13-15-17-19-21-23-27-31-35-39-43-47-53(58)52(51-57)56-54(59)48-44-40-36-32-28-25-26-30-34-38-42-46-50-61-55(60)49-45-41-37-33-29-24-22-20-18-16-14-12-10-8-6-4-2/h20,22,52-53,57-58H,3-19,21,23-51H2,1-2H3,(H,56,59)/b22-20-. The van der Waals surface area contributed by atoms with E-state index < -0.39 is 12.1 Å². The second-order valence-electron chi connectivity index (χ2n) is 18.9. The molecule has 0 radical (unpaired) electrons. The van der Waals surface area contributed by atoms with Gasteiger partial charge < -0.3 is 20.3 Å². The van der Waals surface area contributed by atoms with Crippen molar-refractivity contribution in [3.8, 4) is 0 Å². The van der Waals surface area contributed by atoms with Gasteiger partial charge in [-0.3, -0.25) is 9.59 Å². The van der Waals surface area contributed by atoms with Crippen molar-refractivity contribution in [2.24, 2.45) is 0 Å². The molecular formula is C55H107NO5. The molecule has 0 saturated carbocycles. The maximum Gasteiger partial charge on any atom is 0.305 e. The predicted molar refractivity (Wildman–Crippen MR) is 264 cm³/mol. The number of unbranched alkanes of at least 4 members (excludes halogenated alkanes) is 38. The molecule has 6 nitrogen and oxygen atoms in total. The zero-order valence-electron chi connectivity index (χ0n) is 41.2. The molecular weight excluding hydrogens is 755 g/mol. The van der Waals surface area contributed by atoms with E-state index in [0.717, 1.165) is 57.8 Å². The van der Waals surface area contributed by atoms with E-state index in [1.807, 2.05) is 0 Å². The number of carbonyl (C=O) groups excluding carboxylic acids is 2. The monoisotopic (exact) mass is 862 g/mol. The Morgan fingerprint density at radius 3 is 1.16 bits per heavy atom. The zero-order valence-corrected chi connectivity index (χ0v) is 41.2. The van der Waals surface area contributed by atoms with Crippen molar-refractivity contribution in [2.75, 3.05) is 13.2 Å². The molecule has 0 aliphatic carbocycles. The summed E-state index contributed by atoms with van der Waals surface area (Å²) < 4.78 is 5.47. The molecule has 0 aromatic carbocycles. The van der Waals surface area contributed by atoms with Gasteiger partial charge in [0.05, 0.1) is 25.4 Å². The van der Waals surface area contributed by atoms with Gasteiger partial charge in [0, 0.05) is 12.8 Å². The van der Waals surface area contributed by atoms with Gasteiger partial charge >= 0.3 is 5.97 Å². The third-order valence-electron chi connectivity index (χ3n) is 12.8. The number of carbonyl (C=O) groups is 2. The molecule has 3 N–H and O–H groups in total. The number of aliphatic hydroxyl groups excluding tert-OH is 2. The molecule has 1 amide bonds. The highest BCUT2D eigenvalue weighted by molar-refractivity contribution is 5.76. The first-order valence-corrected chi connectivity index (χ1v) is 27.4. The number of aliphatic hydroxyl groups is 2. The maximum atomic E-state index is 12.5. The molecule has 61 heavy (non-hydrogen) atoms. The van der Waals surface area contributed by atoms with Crippen LogP contribution in [0.25, 0.3) is 0 Å². The van der Waals surface area contributed by atoms with Crippen molar-refractivity contribution < 1.29 is 24.5 Å². The third-order valence-corrected chi connectivity index (χ3v) is 12.8. The maximum absolute atomic E-state index is 12.5. The second-order valence-corrected chi connectivity index (χ2v) is 18.9. The van der Waals surface area contributed by atoms with Gasteiger partial charge in [0.25, 0.3) is 0 Å². The molecule has 0 fully saturated rings. The summed E-state index contributed by atoms with van der Waals surface area (Å²) in [4.78, 5) is 24.5. The minimum absolute atomic E-state index is 0.0159. The van der Waals surface area contributed by atoms with E-state index in [1.54, 1.807) is 0 Å². The number of allylic oxidation sites excluding steroid dienone is 2. The smallest absolute Gasteiger partial charge is 0.305 e. The fraction of sp³-hybridized carbons (Fsp3) is 0.927. The van der Waals surface area contributed by atoms with Gasteiger partial charge in [-0.15, -0.1) is 0 Å². The van der Waals surface area contributed by atoms with E-state index in [9.17, 15) is 19.8 Å². The van der Waals surface area contributed by atoms with Crippen LogP contribution < -0.4 is 5.32 Å². The molecule has 0 aromatic rings. The van der Waals surface area contributed by atoms with E-state index in [0.29, 0.717) is 25.9 Å². The van der Waals surface area contributed by atoms with Gasteiger partial charge in [0.15, 0.2) is 0 Å². The Kier molecular flexibility index (Phi) is 50.1. The number of hydrogen-bond acceptors (Lipinski definition) is 5. The molecule has 2 unspecified atom stereocenters. The van der Waals surface area contributed by atoms with Gasteiger partial charge in [-0.05, 0) is 51.4 Å². The number of esters is 1. The highest BCUT2D eigenvalue weighted by Crippen LogP contribution is 2.17. The van der Waals surface area contributed by atoms with E-state index in [4.69, 9.17) is 4.74 Å². The lowest BCUT2D eigenvalue weighted by Crippen LogP contribution is -2.45. The van der Waals surface area contributed by atoms with Crippen LogP contribution in [0.15, 0.2) is 12.2 Å². The van der Waals surface area contributed by atoms with E-state index in [-0.39, 0.29) is 18.5 Å². The summed E-state index contributed by atoms with van der Waals surface area (Å²) in [7, 11) is 0. The lowest BCUT2D eigenvalue weighted by molar-refractivity contribution is -0.143. The summed E-state index contributed by atoms with van der Waals surface area (Å²) in [5.74, 6) is -0.0649. The third kappa shape index (κ3) is 47.9. The molecule has 0 aliphatic rings. The molecule has 6 heteroatoms. The first-order chi connectivity index (χ1) is 30.0. The first kappa shape index (κ1) is 59.6. The second kappa shape index (κ2) is 51.2. The van der Waals surface area contributed by atoms with Crippen LogP contribution in [0.5, 0.6) is 0 Å². The quantitative estimate of drug-likeness (QED) is 0.0322. The minimum atomic E-state index is -0.674. The van der Waals surface area contributed by atoms with Crippen molar-refractivity contribution in [2.45, 2.75) is 315 Å². The Morgan fingerprint density at radius 1 is 0.443 bits per heavy atom. The number of hydrogen-bond donors (Lipinski definition) is 3. The zero-order chi connectivity index (χ0) is 44.4. The van der Waals surface area contributed by atoms with Crippen molar-refractivity contribution in [1.29, 1.82) is 0 Å². The van der Waals surface area contributed by atoms with Gasteiger partial charge in [0.1, 0.15) is 0 Å². The van der Waals surface area contributed by atoms with Gasteiger partial charge in [-0.1, -0.05) is 251 Å². The molecule has 0 rings (SSSR count). The number of amides is 1. The van der Waals surface area contributed by atoms with E-state index in [2.05, 4.69) is 31.3 Å². The fourth-order valence-electron chi connectivity index (χ4n) is 8.58. The van der Waals surface area contributed by atoms with Gasteiger partial charge in [-0.2, -0.15) is 0 Å². The number of ether oxygens (including phenoxy) is 1. The van der Waals surface area contributed by atoms with Gasteiger partial charge in [-0.25, -0.2) is 0 Å². The lowest BCUT2D eigenvalue weighted by atomic mass is 10.0. The molecule has 0 saturated heterocycles. The van der Waals surface area contributed by atoms with Crippen molar-refractivity contribution in [1.82, 2.24) is 5.32 Å². The van der Waals surface area contributed by atoms with Crippen molar-refractivity contribution in [3.63, 3.8) is 0 Å². The predicted octanol–water partition coefficient (Wildman–Crippen LogP) is 16.5. The Morgan fingerprint density at radius 2 is 0.770 bits per heavy atom. The van der Waals surface area contributed by atoms with Crippen LogP contribution in [0.4, 0.5) is 0 Å². The largest absolute Gasteiger partial charge is 0.466 e. The van der Waals surface area contributed by atoms with Crippen LogP contribution in [0.1, 0.15) is 303 Å². The van der Waals surface area contributed by atoms with Gasteiger partial charge in [0.2, 0.25) is 5.91 Å². The van der Waals surface area contributed by atoms with E-state index >= 15 is 0 Å². The Labute approximate surface area is 380 Å². The lowest BCUT2D eigenvalue weighted by Gasteiger charge is -2.22. The van der Waals surface area contributed by atoms with Crippen molar-refractivity contribution >= 4 is 11.9 Å². The highest BCUT2D eigenvalue weighted by Gasteiger charge is 2.20. The molecule has 0 spiro atoms. The summed E-state index contributed by atoms with van der Waals surface area (Å²) in [6.45, 7) is 4.93. The van der Waals surface area contributed by atoms with Crippen LogP contribution in [0, 0.1) is 0 Å². The normalized spacial score (nSPS) is 12.7. The van der Waals surface area contributed by atoms with Crippen LogP contribution in [0.3, 0.4) is 0 Å². The molecule has 0 aromatic heterocycles. The van der Waals surface area contributed by atoms with Crippen molar-refractivity contribution in [3.05, 3.63) is 12.2 Å². The Balaban J connectivity index is 3.45. The SMILES string of the molecule is CCCCCCCCC/C=C\CCCCCCCC(=O)OCCCCCCCCCCCCCCC(=O)NC(CO)C(O)CCCCCCCCCCCCCCCCCC. The fourth-order valence-corrected chi connectivity index (χ4v) is 8.58. The summed E-state index contributed by atoms with van der Waals surface area (Å²) in [5.41, 5.74) is 0. The van der Waals surface area contributed by atoms with E-state index in [1.165, 1.54) is 212 Å². The van der Waals surface area contributed by atoms with Crippen LogP contribution >= 0.6 is 0 Å². The topological polar surface area (TPSA) is 95.9 Å². The summed E-state index contributed by atoms with van der Waals surface area (Å²) in [6.07, 6.45) is 59.0. The molecule has 0 bridgehead atoms. The van der Waals surface area contributed by atoms with Crippen LogP contribution in [-0.2, 0) is 14.3 Å². The molecule has 2 atom stereocenters. The molecule has 362 valence electrons. The summed E-state index contributed by atoms with van der Waals surface area (Å²) in [5, 5.41) is 23.3. The van der Waals surface area contributed by atoms with Crippen LogP contribution in [-0.4, -0.2) is 47.4 Å². The molecule has 0 aliphatic heterocycles. The number of nitrogens with one attached hydrogen (secondary N) is 1. The summed E-state index contributed by atoms with van der Waals surface area (Å²) in [6, 6.07) is -0.553. The Bertz CT molecular complexity index is 909. The summed E-state index contributed by atoms with van der Waals surface area (Å²) >= 11 is 0. The average molecular weight is 862 g/mol. The number of rotatable bonds is 51.